The van der Waals surface area contributed by atoms with Gasteiger partial charge in [0.15, 0.2) is 0 Å². The highest BCUT2D eigenvalue weighted by molar-refractivity contribution is 5.75. The van der Waals surface area contributed by atoms with Gasteiger partial charge in [-0.15, -0.1) is 0 Å². The van der Waals surface area contributed by atoms with E-state index in [-0.39, 0.29) is 5.91 Å². The zero-order valence-electron chi connectivity index (χ0n) is 11.9. The summed E-state index contributed by atoms with van der Waals surface area (Å²) in [6, 6.07) is 8.00. The number of benzene rings is 1. The third-order valence-corrected chi connectivity index (χ3v) is 2.75. The van der Waals surface area contributed by atoms with Crippen LogP contribution < -0.4 is 15.4 Å². The van der Waals surface area contributed by atoms with Crippen molar-refractivity contribution in [3.05, 3.63) is 29.8 Å². The zero-order chi connectivity index (χ0) is 13.9. The molecule has 1 aromatic carbocycles. The number of rotatable bonds is 9. The minimum Gasteiger partial charge on any atom is -0.494 e. The van der Waals surface area contributed by atoms with Crippen molar-refractivity contribution in [1.29, 1.82) is 0 Å². The number of ether oxygens (including phenoxy) is 1. The first kappa shape index (κ1) is 15.5. The molecule has 1 rings (SSSR count). The van der Waals surface area contributed by atoms with Crippen LogP contribution >= 0.6 is 0 Å². The highest BCUT2D eigenvalue weighted by Crippen LogP contribution is 2.12. The number of likely N-dealkylation sites (N-methyl/N-ethyl adjacent to an activating group) is 1. The van der Waals surface area contributed by atoms with E-state index in [4.69, 9.17) is 4.74 Å². The summed E-state index contributed by atoms with van der Waals surface area (Å²) < 4.78 is 5.63. The van der Waals surface area contributed by atoms with Crippen molar-refractivity contribution in [2.75, 3.05) is 26.7 Å². The Morgan fingerprint density at radius 3 is 2.84 bits per heavy atom. The molecule has 4 nitrogen and oxygen atoms in total. The number of unbranched alkanes of at least 4 members (excludes halogenated alkanes) is 1. The molecule has 0 radical (unpaired) electrons. The zero-order valence-corrected chi connectivity index (χ0v) is 11.9. The van der Waals surface area contributed by atoms with Gasteiger partial charge in [0, 0.05) is 19.5 Å². The van der Waals surface area contributed by atoms with Crippen LogP contribution in [0.2, 0.25) is 0 Å². The Labute approximate surface area is 115 Å². The number of hydrogen-bond donors (Lipinski definition) is 2. The lowest BCUT2D eigenvalue weighted by Crippen LogP contribution is -2.30. The molecule has 0 aliphatic carbocycles. The third kappa shape index (κ3) is 7.47. The van der Waals surface area contributed by atoms with Crippen molar-refractivity contribution in [3.63, 3.8) is 0 Å². The minimum absolute atomic E-state index is 0.116. The molecule has 0 spiro atoms. The Bertz CT molecular complexity index is 380. The Morgan fingerprint density at radius 2 is 2.11 bits per heavy atom. The normalized spacial score (nSPS) is 10.2. The molecule has 0 saturated heterocycles. The van der Waals surface area contributed by atoms with Crippen LogP contribution in [0.5, 0.6) is 5.75 Å². The monoisotopic (exact) mass is 264 g/mol. The fourth-order valence-corrected chi connectivity index (χ4v) is 1.70. The van der Waals surface area contributed by atoms with E-state index < -0.39 is 0 Å². The lowest BCUT2D eigenvalue weighted by molar-refractivity contribution is -0.121. The van der Waals surface area contributed by atoms with E-state index in [2.05, 4.69) is 10.6 Å². The Morgan fingerprint density at radius 1 is 1.26 bits per heavy atom. The van der Waals surface area contributed by atoms with Crippen LogP contribution in [0.3, 0.4) is 0 Å². The summed E-state index contributed by atoms with van der Waals surface area (Å²) in [5, 5.41) is 5.84. The summed E-state index contributed by atoms with van der Waals surface area (Å²) in [4.78, 5) is 11.4. The van der Waals surface area contributed by atoms with Crippen LogP contribution in [0, 0.1) is 6.92 Å². The van der Waals surface area contributed by atoms with Crippen LogP contribution in [0.1, 0.15) is 24.8 Å². The van der Waals surface area contributed by atoms with E-state index in [0.717, 1.165) is 25.1 Å². The number of hydrogen-bond acceptors (Lipinski definition) is 3. The van der Waals surface area contributed by atoms with E-state index in [1.54, 1.807) is 0 Å². The quantitative estimate of drug-likeness (QED) is 0.670. The van der Waals surface area contributed by atoms with Crippen molar-refractivity contribution >= 4 is 5.91 Å². The third-order valence-electron chi connectivity index (χ3n) is 2.75. The molecule has 0 saturated carbocycles. The highest BCUT2D eigenvalue weighted by atomic mass is 16.5. The summed E-state index contributed by atoms with van der Waals surface area (Å²) >= 11 is 0. The fourth-order valence-electron chi connectivity index (χ4n) is 1.70. The van der Waals surface area contributed by atoms with Crippen LogP contribution in [0.4, 0.5) is 0 Å². The average Bonchev–Trinajstić information content (AvgIpc) is 2.39. The van der Waals surface area contributed by atoms with Crippen LogP contribution in [0.25, 0.3) is 0 Å². The van der Waals surface area contributed by atoms with Crippen molar-refractivity contribution in [3.8, 4) is 5.75 Å². The summed E-state index contributed by atoms with van der Waals surface area (Å²) in [5.74, 6) is 1.02. The predicted octanol–water partition coefficient (Wildman–Crippen LogP) is 1.88. The van der Waals surface area contributed by atoms with Gasteiger partial charge in [-0.05, 0) is 44.5 Å². The van der Waals surface area contributed by atoms with Gasteiger partial charge in [0.1, 0.15) is 5.75 Å². The SMILES string of the molecule is CNCCNC(=O)CCCCOc1cccc(C)c1. The lowest BCUT2D eigenvalue weighted by Gasteiger charge is -2.07. The van der Waals surface area contributed by atoms with Gasteiger partial charge in [0.25, 0.3) is 0 Å². The van der Waals surface area contributed by atoms with Gasteiger partial charge in [0.2, 0.25) is 5.91 Å². The maximum atomic E-state index is 11.4. The van der Waals surface area contributed by atoms with Crippen molar-refractivity contribution in [1.82, 2.24) is 10.6 Å². The Balaban J connectivity index is 2.03. The lowest BCUT2D eigenvalue weighted by atomic mass is 10.2. The van der Waals surface area contributed by atoms with E-state index in [0.29, 0.717) is 19.6 Å². The van der Waals surface area contributed by atoms with Crippen LogP contribution in [-0.4, -0.2) is 32.7 Å². The average molecular weight is 264 g/mol. The van der Waals surface area contributed by atoms with Gasteiger partial charge in [0.05, 0.1) is 6.61 Å². The second-order valence-electron chi connectivity index (χ2n) is 4.58. The minimum atomic E-state index is 0.116. The van der Waals surface area contributed by atoms with Gasteiger partial charge in [-0.25, -0.2) is 0 Å². The van der Waals surface area contributed by atoms with E-state index in [9.17, 15) is 4.79 Å². The standard InChI is InChI=1S/C15H24N2O2/c1-13-6-5-7-14(12-13)19-11-4-3-8-15(18)17-10-9-16-2/h5-7,12,16H,3-4,8-11H2,1-2H3,(H,17,18). The summed E-state index contributed by atoms with van der Waals surface area (Å²) in [5.41, 5.74) is 1.20. The molecule has 0 aliphatic rings. The first-order chi connectivity index (χ1) is 9.22. The molecular formula is C15H24N2O2. The van der Waals surface area contributed by atoms with Crippen molar-refractivity contribution in [2.45, 2.75) is 26.2 Å². The fraction of sp³-hybridized carbons (Fsp3) is 0.533. The first-order valence-electron chi connectivity index (χ1n) is 6.83. The molecule has 0 aromatic heterocycles. The van der Waals surface area contributed by atoms with Gasteiger partial charge in [-0.1, -0.05) is 12.1 Å². The second kappa shape index (κ2) is 9.39. The maximum Gasteiger partial charge on any atom is 0.220 e. The predicted molar refractivity (Wildman–Crippen MR) is 77.5 cm³/mol. The number of carbonyl (C=O) groups excluding carboxylic acids is 1. The molecule has 106 valence electrons. The Hall–Kier alpha value is -1.55. The van der Waals surface area contributed by atoms with Crippen LogP contribution in [-0.2, 0) is 4.79 Å². The van der Waals surface area contributed by atoms with E-state index in [1.807, 2.05) is 38.2 Å². The summed E-state index contributed by atoms with van der Waals surface area (Å²) in [6.07, 6.45) is 2.32. The smallest absolute Gasteiger partial charge is 0.220 e. The molecular weight excluding hydrogens is 240 g/mol. The number of carbonyl (C=O) groups is 1. The maximum absolute atomic E-state index is 11.4. The summed E-state index contributed by atoms with van der Waals surface area (Å²) in [7, 11) is 1.87. The van der Waals surface area contributed by atoms with Gasteiger partial charge < -0.3 is 15.4 Å². The van der Waals surface area contributed by atoms with Crippen molar-refractivity contribution in [2.24, 2.45) is 0 Å². The molecule has 0 atom stereocenters. The van der Waals surface area contributed by atoms with E-state index in [1.165, 1.54) is 5.56 Å². The molecule has 0 fully saturated rings. The van der Waals surface area contributed by atoms with Crippen molar-refractivity contribution < 1.29 is 9.53 Å². The highest BCUT2D eigenvalue weighted by Gasteiger charge is 2.00. The van der Waals surface area contributed by atoms with Crippen LogP contribution in [0.15, 0.2) is 24.3 Å². The molecule has 4 heteroatoms. The molecule has 0 heterocycles. The Kier molecular flexibility index (Phi) is 7.66. The molecule has 0 unspecified atom stereocenters. The molecule has 0 aliphatic heterocycles. The first-order valence-corrected chi connectivity index (χ1v) is 6.83. The molecule has 2 N–H and O–H groups in total. The van der Waals surface area contributed by atoms with E-state index >= 15 is 0 Å². The summed E-state index contributed by atoms with van der Waals surface area (Å²) in [6.45, 7) is 4.20. The topological polar surface area (TPSA) is 50.4 Å². The number of aryl methyl sites for hydroxylation is 1. The second-order valence-corrected chi connectivity index (χ2v) is 4.58. The molecule has 1 aromatic rings. The van der Waals surface area contributed by atoms with Gasteiger partial charge in [-0.3, -0.25) is 4.79 Å². The van der Waals surface area contributed by atoms with Gasteiger partial charge in [-0.2, -0.15) is 0 Å². The van der Waals surface area contributed by atoms with Gasteiger partial charge >= 0.3 is 0 Å². The number of nitrogens with one attached hydrogen (secondary N) is 2. The molecule has 19 heavy (non-hydrogen) atoms. The molecule has 0 bridgehead atoms. The molecule has 1 amide bonds. The largest absolute Gasteiger partial charge is 0.494 e. The number of amides is 1.